The molecule has 0 radical (unpaired) electrons. The number of rotatable bonds is 2. The molecular formula is C15H9BrF2N2O. The minimum Gasteiger partial charge on any atom is -0.367 e. The van der Waals surface area contributed by atoms with Crippen LogP contribution in [0.2, 0.25) is 0 Å². The molecule has 0 bridgehead atoms. The predicted octanol–water partition coefficient (Wildman–Crippen LogP) is 4.63. The number of nitrogen functional groups attached to an aromatic ring is 1. The van der Waals surface area contributed by atoms with Crippen molar-refractivity contribution in [3.63, 3.8) is 0 Å². The van der Waals surface area contributed by atoms with Gasteiger partial charge in [-0.15, -0.1) is 0 Å². The maximum Gasteiger partial charge on any atom is 0.230 e. The Bertz CT molecular complexity index is 817. The first-order valence-corrected chi connectivity index (χ1v) is 6.82. The molecule has 3 rings (SSSR count). The highest BCUT2D eigenvalue weighted by molar-refractivity contribution is 9.10. The average Bonchev–Trinajstić information content (AvgIpc) is 2.83. The summed E-state index contributed by atoms with van der Waals surface area (Å²) in [5.41, 5.74) is 7.57. The highest BCUT2D eigenvalue weighted by Crippen LogP contribution is 2.39. The second-order valence-corrected chi connectivity index (χ2v) is 5.26. The Morgan fingerprint density at radius 2 is 1.81 bits per heavy atom. The molecule has 3 aromatic rings. The molecule has 21 heavy (non-hydrogen) atoms. The van der Waals surface area contributed by atoms with Crippen molar-refractivity contribution in [1.82, 2.24) is 5.16 Å². The van der Waals surface area contributed by atoms with E-state index in [1.807, 2.05) is 0 Å². The third-order valence-corrected chi connectivity index (χ3v) is 3.71. The van der Waals surface area contributed by atoms with Crippen LogP contribution in [0, 0.1) is 11.6 Å². The molecule has 0 spiro atoms. The van der Waals surface area contributed by atoms with Crippen molar-refractivity contribution in [3.05, 3.63) is 58.6 Å². The van der Waals surface area contributed by atoms with Crippen LogP contribution in [-0.4, -0.2) is 5.16 Å². The van der Waals surface area contributed by atoms with Crippen LogP contribution < -0.4 is 5.73 Å². The molecule has 2 N–H and O–H groups in total. The molecule has 3 nitrogen and oxygen atoms in total. The Labute approximate surface area is 127 Å². The van der Waals surface area contributed by atoms with Crippen LogP contribution in [-0.2, 0) is 0 Å². The Balaban J connectivity index is 2.24. The SMILES string of the molecule is Nc1onc(-c2cc(F)ccc2Br)c1-c1cccc(F)c1. The van der Waals surface area contributed by atoms with Gasteiger partial charge in [-0.25, -0.2) is 8.78 Å². The largest absolute Gasteiger partial charge is 0.367 e. The van der Waals surface area contributed by atoms with Crippen LogP contribution in [0.15, 0.2) is 51.5 Å². The molecule has 0 aliphatic carbocycles. The number of benzene rings is 2. The summed E-state index contributed by atoms with van der Waals surface area (Å²) >= 11 is 3.33. The summed E-state index contributed by atoms with van der Waals surface area (Å²) in [6.45, 7) is 0. The third kappa shape index (κ3) is 2.54. The summed E-state index contributed by atoms with van der Waals surface area (Å²) in [6, 6.07) is 10.1. The molecule has 0 aliphatic heterocycles. The number of hydrogen-bond acceptors (Lipinski definition) is 3. The normalized spacial score (nSPS) is 10.8. The first-order chi connectivity index (χ1) is 10.1. The van der Waals surface area contributed by atoms with E-state index in [2.05, 4.69) is 21.1 Å². The van der Waals surface area contributed by atoms with E-state index < -0.39 is 11.6 Å². The third-order valence-electron chi connectivity index (χ3n) is 3.02. The van der Waals surface area contributed by atoms with Crippen molar-refractivity contribution < 1.29 is 13.3 Å². The van der Waals surface area contributed by atoms with E-state index in [0.717, 1.165) is 0 Å². The van der Waals surface area contributed by atoms with Gasteiger partial charge in [0.15, 0.2) is 0 Å². The summed E-state index contributed by atoms with van der Waals surface area (Å²) < 4.78 is 32.5. The molecule has 106 valence electrons. The summed E-state index contributed by atoms with van der Waals surface area (Å²) in [6.07, 6.45) is 0. The number of halogens is 3. The van der Waals surface area contributed by atoms with E-state index in [9.17, 15) is 8.78 Å². The van der Waals surface area contributed by atoms with Gasteiger partial charge in [0.25, 0.3) is 0 Å². The van der Waals surface area contributed by atoms with Gasteiger partial charge in [0.2, 0.25) is 5.88 Å². The monoisotopic (exact) mass is 350 g/mol. The van der Waals surface area contributed by atoms with Crippen molar-refractivity contribution in [2.24, 2.45) is 0 Å². The van der Waals surface area contributed by atoms with Gasteiger partial charge < -0.3 is 10.3 Å². The van der Waals surface area contributed by atoms with Crippen LogP contribution in [0.5, 0.6) is 0 Å². The van der Waals surface area contributed by atoms with Crippen molar-refractivity contribution in [2.75, 3.05) is 5.73 Å². The molecule has 2 aromatic carbocycles. The molecule has 1 heterocycles. The molecule has 6 heteroatoms. The summed E-state index contributed by atoms with van der Waals surface area (Å²) in [7, 11) is 0. The molecule has 0 saturated carbocycles. The number of nitrogens with zero attached hydrogens (tertiary/aromatic N) is 1. The van der Waals surface area contributed by atoms with Gasteiger partial charge in [-0.2, -0.15) is 0 Å². The molecule has 0 fully saturated rings. The minimum absolute atomic E-state index is 0.0479. The number of hydrogen-bond donors (Lipinski definition) is 1. The molecular weight excluding hydrogens is 342 g/mol. The smallest absolute Gasteiger partial charge is 0.230 e. The molecule has 0 unspecified atom stereocenters. The van der Waals surface area contributed by atoms with E-state index in [1.165, 1.54) is 24.3 Å². The van der Waals surface area contributed by atoms with Crippen LogP contribution in [0.4, 0.5) is 14.7 Å². The van der Waals surface area contributed by atoms with Crippen molar-refractivity contribution in [3.8, 4) is 22.4 Å². The molecule has 0 saturated heterocycles. The lowest BCUT2D eigenvalue weighted by atomic mass is 10.0. The highest BCUT2D eigenvalue weighted by Gasteiger charge is 2.20. The second-order valence-electron chi connectivity index (χ2n) is 4.40. The van der Waals surface area contributed by atoms with E-state index in [4.69, 9.17) is 10.3 Å². The number of nitrogens with two attached hydrogens (primary N) is 1. The first kappa shape index (κ1) is 13.8. The quantitative estimate of drug-likeness (QED) is 0.732. The standard InChI is InChI=1S/C15H9BrF2N2O/c16-12-5-4-10(18)7-11(12)14-13(15(19)21-20-14)8-2-1-3-9(17)6-8/h1-7H,19H2. The zero-order valence-electron chi connectivity index (χ0n) is 10.6. The fraction of sp³-hybridized carbons (Fsp3) is 0. The van der Waals surface area contributed by atoms with E-state index in [-0.39, 0.29) is 5.88 Å². The van der Waals surface area contributed by atoms with Crippen LogP contribution >= 0.6 is 15.9 Å². The van der Waals surface area contributed by atoms with Gasteiger partial charge in [-0.05, 0) is 35.9 Å². The number of anilines is 1. The Kier molecular flexibility index (Phi) is 3.47. The van der Waals surface area contributed by atoms with Crippen LogP contribution in [0.1, 0.15) is 0 Å². The Morgan fingerprint density at radius 3 is 2.57 bits per heavy atom. The van der Waals surface area contributed by atoms with E-state index in [0.29, 0.717) is 26.9 Å². The second kappa shape index (κ2) is 5.29. The maximum atomic E-state index is 13.5. The van der Waals surface area contributed by atoms with Gasteiger partial charge >= 0.3 is 0 Å². The Morgan fingerprint density at radius 1 is 1.05 bits per heavy atom. The van der Waals surface area contributed by atoms with Gasteiger partial charge in [-0.1, -0.05) is 33.2 Å². The number of aromatic nitrogens is 1. The van der Waals surface area contributed by atoms with Gasteiger partial charge in [0.05, 0.1) is 5.56 Å². The topological polar surface area (TPSA) is 52.0 Å². The average molecular weight is 351 g/mol. The summed E-state index contributed by atoms with van der Waals surface area (Å²) in [5.74, 6) is -0.774. The van der Waals surface area contributed by atoms with Gasteiger partial charge in [-0.3, -0.25) is 0 Å². The van der Waals surface area contributed by atoms with E-state index >= 15 is 0 Å². The fourth-order valence-electron chi connectivity index (χ4n) is 2.09. The zero-order chi connectivity index (χ0) is 15.0. The lowest BCUT2D eigenvalue weighted by molar-refractivity contribution is 0.439. The molecule has 0 atom stereocenters. The van der Waals surface area contributed by atoms with E-state index in [1.54, 1.807) is 18.2 Å². The van der Waals surface area contributed by atoms with Crippen molar-refractivity contribution >= 4 is 21.8 Å². The summed E-state index contributed by atoms with van der Waals surface area (Å²) in [5, 5.41) is 3.87. The first-order valence-electron chi connectivity index (χ1n) is 6.03. The minimum atomic E-state index is -0.417. The highest BCUT2D eigenvalue weighted by atomic mass is 79.9. The lowest BCUT2D eigenvalue weighted by Crippen LogP contribution is -1.90. The fourth-order valence-corrected chi connectivity index (χ4v) is 2.52. The summed E-state index contributed by atoms with van der Waals surface area (Å²) in [4.78, 5) is 0. The zero-order valence-corrected chi connectivity index (χ0v) is 12.2. The van der Waals surface area contributed by atoms with Gasteiger partial charge in [0.1, 0.15) is 17.3 Å². The van der Waals surface area contributed by atoms with Crippen LogP contribution in [0.3, 0.4) is 0 Å². The van der Waals surface area contributed by atoms with Gasteiger partial charge in [0, 0.05) is 10.0 Å². The van der Waals surface area contributed by atoms with Crippen LogP contribution in [0.25, 0.3) is 22.4 Å². The maximum absolute atomic E-state index is 13.5. The van der Waals surface area contributed by atoms with Crippen molar-refractivity contribution in [1.29, 1.82) is 0 Å². The molecule has 0 aliphatic rings. The molecule has 1 aromatic heterocycles. The predicted molar refractivity (Wildman–Crippen MR) is 79.4 cm³/mol. The van der Waals surface area contributed by atoms with Crippen molar-refractivity contribution in [2.45, 2.75) is 0 Å². The molecule has 0 amide bonds. The Hall–Kier alpha value is -2.21. The lowest BCUT2D eigenvalue weighted by Gasteiger charge is -2.05.